The number of aryl methyl sites for hydroxylation is 1. The van der Waals surface area contributed by atoms with Gasteiger partial charge in [-0.05, 0) is 31.9 Å². The topological polar surface area (TPSA) is 55.1 Å². The largest absolute Gasteiger partial charge is 0.352 e. The Morgan fingerprint density at radius 2 is 2.11 bits per heavy atom. The molecule has 0 aliphatic heterocycles. The van der Waals surface area contributed by atoms with Crippen molar-refractivity contribution in [2.45, 2.75) is 52.6 Å². The SMILES string of the molecule is CCC(C)C(N)C(=O)NC(C)Cc1ccc(C)s1. The molecule has 3 unspecified atom stereocenters. The normalized spacial score (nSPS) is 16.1. The number of carbonyl (C=O) groups excluding carboxylic acids is 1. The highest BCUT2D eigenvalue weighted by Gasteiger charge is 2.20. The van der Waals surface area contributed by atoms with Crippen LogP contribution < -0.4 is 11.1 Å². The second-order valence-corrected chi connectivity index (χ2v) is 6.41. The van der Waals surface area contributed by atoms with Crippen LogP contribution in [0.3, 0.4) is 0 Å². The molecule has 3 atom stereocenters. The van der Waals surface area contributed by atoms with Crippen LogP contribution in [0, 0.1) is 12.8 Å². The van der Waals surface area contributed by atoms with Crippen LogP contribution in [-0.2, 0) is 11.2 Å². The first-order chi connectivity index (χ1) is 8.43. The lowest BCUT2D eigenvalue weighted by atomic mass is 9.99. The average Bonchev–Trinajstić information content (AvgIpc) is 2.72. The van der Waals surface area contributed by atoms with Gasteiger partial charge in [0.25, 0.3) is 0 Å². The molecule has 0 aliphatic rings. The minimum absolute atomic E-state index is 0.0369. The molecule has 0 saturated carbocycles. The summed E-state index contributed by atoms with van der Waals surface area (Å²) in [6.07, 6.45) is 1.80. The Labute approximate surface area is 114 Å². The molecule has 0 aromatic carbocycles. The molecular weight excluding hydrogens is 244 g/mol. The Bertz CT molecular complexity index is 389. The van der Waals surface area contributed by atoms with E-state index in [1.54, 1.807) is 11.3 Å². The van der Waals surface area contributed by atoms with Crippen molar-refractivity contribution < 1.29 is 4.79 Å². The number of nitrogens with two attached hydrogens (primary N) is 1. The Morgan fingerprint density at radius 3 is 2.61 bits per heavy atom. The molecule has 3 N–H and O–H groups in total. The molecule has 4 heteroatoms. The van der Waals surface area contributed by atoms with E-state index in [0.29, 0.717) is 0 Å². The number of carbonyl (C=O) groups is 1. The first-order valence-electron chi connectivity index (χ1n) is 6.55. The lowest BCUT2D eigenvalue weighted by Gasteiger charge is -2.20. The number of nitrogens with one attached hydrogen (secondary N) is 1. The molecule has 1 rings (SSSR count). The van der Waals surface area contributed by atoms with Gasteiger partial charge in [-0.25, -0.2) is 0 Å². The third-order valence-electron chi connectivity index (χ3n) is 3.25. The zero-order chi connectivity index (χ0) is 13.7. The van der Waals surface area contributed by atoms with E-state index >= 15 is 0 Å². The second-order valence-electron chi connectivity index (χ2n) is 5.04. The molecule has 0 saturated heterocycles. The van der Waals surface area contributed by atoms with Gasteiger partial charge in [0.05, 0.1) is 6.04 Å². The second kappa shape index (κ2) is 6.90. The molecule has 0 bridgehead atoms. The van der Waals surface area contributed by atoms with Crippen molar-refractivity contribution in [1.29, 1.82) is 0 Å². The van der Waals surface area contributed by atoms with Crippen LogP contribution in [0.1, 0.15) is 36.9 Å². The summed E-state index contributed by atoms with van der Waals surface area (Å²) in [7, 11) is 0. The van der Waals surface area contributed by atoms with Gasteiger partial charge in [0, 0.05) is 22.2 Å². The molecule has 1 amide bonds. The maximum Gasteiger partial charge on any atom is 0.237 e. The van der Waals surface area contributed by atoms with E-state index in [9.17, 15) is 4.79 Å². The van der Waals surface area contributed by atoms with Gasteiger partial charge in [-0.3, -0.25) is 4.79 Å². The van der Waals surface area contributed by atoms with Crippen molar-refractivity contribution in [3.8, 4) is 0 Å². The fourth-order valence-corrected chi connectivity index (χ4v) is 2.82. The van der Waals surface area contributed by atoms with Crippen molar-refractivity contribution in [1.82, 2.24) is 5.32 Å². The smallest absolute Gasteiger partial charge is 0.237 e. The fourth-order valence-electron chi connectivity index (χ4n) is 1.80. The lowest BCUT2D eigenvalue weighted by molar-refractivity contribution is -0.124. The predicted octanol–water partition coefficient (Wildman–Crippen LogP) is 2.48. The van der Waals surface area contributed by atoms with Crippen LogP contribution in [0.15, 0.2) is 12.1 Å². The van der Waals surface area contributed by atoms with Crippen LogP contribution in [0.2, 0.25) is 0 Å². The number of thiophene rings is 1. The van der Waals surface area contributed by atoms with Gasteiger partial charge in [0.15, 0.2) is 0 Å². The van der Waals surface area contributed by atoms with Crippen LogP contribution in [-0.4, -0.2) is 18.0 Å². The van der Waals surface area contributed by atoms with Gasteiger partial charge in [0.1, 0.15) is 0 Å². The average molecular weight is 268 g/mol. The molecular formula is C14H24N2OS. The number of hydrogen-bond donors (Lipinski definition) is 2. The van der Waals surface area contributed by atoms with E-state index in [0.717, 1.165) is 12.8 Å². The number of hydrogen-bond acceptors (Lipinski definition) is 3. The van der Waals surface area contributed by atoms with Crippen molar-refractivity contribution in [2.24, 2.45) is 11.7 Å². The van der Waals surface area contributed by atoms with E-state index in [4.69, 9.17) is 5.73 Å². The Hall–Kier alpha value is -0.870. The first kappa shape index (κ1) is 15.2. The zero-order valence-electron chi connectivity index (χ0n) is 11.7. The number of rotatable bonds is 6. The molecule has 0 radical (unpaired) electrons. The first-order valence-corrected chi connectivity index (χ1v) is 7.37. The van der Waals surface area contributed by atoms with E-state index in [2.05, 4.69) is 31.3 Å². The minimum atomic E-state index is -0.400. The zero-order valence-corrected chi connectivity index (χ0v) is 12.5. The minimum Gasteiger partial charge on any atom is -0.352 e. The van der Waals surface area contributed by atoms with Gasteiger partial charge >= 0.3 is 0 Å². The highest BCUT2D eigenvalue weighted by molar-refractivity contribution is 7.11. The number of amides is 1. The van der Waals surface area contributed by atoms with Crippen molar-refractivity contribution in [3.05, 3.63) is 21.9 Å². The quantitative estimate of drug-likeness (QED) is 0.833. The highest BCUT2D eigenvalue weighted by Crippen LogP contribution is 2.16. The Balaban J connectivity index is 2.44. The van der Waals surface area contributed by atoms with Gasteiger partial charge in [-0.2, -0.15) is 0 Å². The van der Waals surface area contributed by atoms with Crippen LogP contribution in [0.4, 0.5) is 0 Å². The summed E-state index contributed by atoms with van der Waals surface area (Å²) >= 11 is 1.78. The molecule has 0 fully saturated rings. The third-order valence-corrected chi connectivity index (χ3v) is 4.27. The Morgan fingerprint density at radius 1 is 1.44 bits per heavy atom. The van der Waals surface area contributed by atoms with Gasteiger partial charge in [-0.15, -0.1) is 11.3 Å². The third kappa shape index (κ3) is 4.42. The van der Waals surface area contributed by atoms with Crippen LogP contribution >= 0.6 is 11.3 Å². The monoisotopic (exact) mass is 268 g/mol. The van der Waals surface area contributed by atoms with E-state index in [1.165, 1.54) is 9.75 Å². The highest BCUT2D eigenvalue weighted by atomic mass is 32.1. The molecule has 0 spiro atoms. The predicted molar refractivity (Wildman–Crippen MR) is 77.8 cm³/mol. The molecule has 1 aromatic heterocycles. The lowest BCUT2D eigenvalue weighted by Crippen LogP contribution is -2.48. The maximum atomic E-state index is 11.9. The summed E-state index contributed by atoms with van der Waals surface area (Å²) in [5, 5.41) is 3.00. The summed E-state index contributed by atoms with van der Waals surface area (Å²) in [5.41, 5.74) is 5.91. The molecule has 1 aromatic rings. The van der Waals surface area contributed by atoms with Gasteiger partial charge in [-0.1, -0.05) is 20.3 Å². The summed E-state index contributed by atoms with van der Waals surface area (Å²) < 4.78 is 0. The standard InChI is InChI=1S/C14H24N2OS/c1-5-9(2)13(15)14(17)16-10(3)8-12-7-6-11(4)18-12/h6-7,9-10,13H,5,8,15H2,1-4H3,(H,16,17). The summed E-state index contributed by atoms with van der Waals surface area (Å²) in [6, 6.07) is 3.96. The van der Waals surface area contributed by atoms with Gasteiger partial charge < -0.3 is 11.1 Å². The molecule has 3 nitrogen and oxygen atoms in total. The Kier molecular flexibility index (Phi) is 5.82. The summed E-state index contributed by atoms with van der Waals surface area (Å²) in [4.78, 5) is 14.5. The maximum absolute atomic E-state index is 11.9. The van der Waals surface area contributed by atoms with Crippen LogP contribution in [0.5, 0.6) is 0 Å². The summed E-state index contributed by atoms with van der Waals surface area (Å²) in [6.45, 7) is 8.18. The van der Waals surface area contributed by atoms with Crippen molar-refractivity contribution >= 4 is 17.2 Å². The van der Waals surface area contributed by atoms with Crippen molar-refractivity contribution in [2.75, 3.05) is 0 Å². The molecule has 102 valence electrons. The van der Waals surface area contributed by atoms with E-state index < -0.39 is 6.04 Å². The van der Waals surface area contributed by atoms with Crippen molar-refractivity contribution in [3.63, 3.8) is 0 Å². The van der Waals surface area contributed by atoms with E-state index in [-0.39, 0.29) is 17.9 Å². The van der Waals surface area contributed by atoms with E-state index in [1.807, 2.05) is 13.8 Å². The molecule has 1 heterocycles. The molecule has 18 heavy (non-hydrogen) atoms. The fraction of sp³-hybridized carbons (Fsp3) is 0.643. The molecule has 0 aliphatic carbocycles. The van der Waals surface area contributed by atoms with Crippen LogP contribution in [0.25, 0.3) is 0 Å². The van der Waals surface area contributed by atoms with Gasteiger partial charge in [0.2, 0.25) is 5.91 Å². The summed E-state index contributed by atoms with van der Waals surface area (Å²) in [5.74, 6) is 0.186.